The highest BCUT2D eigenvalue weighted by atomic mass is 35.5. The lowest BCUT2D eigenvalue weighted by molar-refractivity contribution is 0.104. The first-order chi connectivity index (χ1) is 12.4. The number of methoxy groups -OCH3 is 1. The first kappa shape index (κ1) is 19.2. The number of nitrogens with zero attached hydrogens (tertiary/aromatic N) is 1. The van der Waals surface area contributed by atoms with E-state index >= 15 is 0 Å². The maximum Gasteiger partial charge on any atom is 0.108 e. The molecule has 0 bridgehead atoms. The molecule has 2 heterocycles. The van der Waals surface area contributed by atoms with Gasteiger partial charge in [-0.3, -0.25) is 0 Å². The summed E-state index contributed by atoms with van der Waals surface area (Å²) < 4.78 is 21.3. The van der Waals surface area contributed by atoms with E-state index in [1.54, 1.807) is 14.0 Å². The fraction of sp³-hybridized carbons (Fsp3) is 0.524. The number of ether oxygens (including phenoxy) is 1. The Morgan fingerprint density at radius 1 is 1.46 bits per heavy atom. The molecule has 142 valence electrons. The molecular formula is C21H28ClFN2O. The second-order valence-electron chi connectivity index (χ2n) is 7.58. The van der Waals surface area contributed by atoms with Crippen LogP contribution in [0.1, 0.15) is 43.9 Å². The largest absolute Gasteiger partial charge is 0.385 e. The SMILES string of the molecule is C=C(NCC1CCC(C)(F)CC1)c1cc(CCOC)n2cccc(Cl)c12. The zero-order valence-corrected chi connectivity index (χ0v) is 16.4. The van der Waals surface area contributed by atoms with E-state index in [2.05, 4.69) is 22.4 Å². The number of rotatable bonds is 7. The third-order valence-electron chi connectivity index (χ3n) is 5.46. The number of nitrogens with one attached hydrogen (secondary N) is 1. The van der Waals surface area contributed by atoms with Crippen molar-refractivity contribution in [1.29, 1.82) is 0 Å². The van der Waals surface area contributed by atoms with Crippen LogP contribution < -0.4 is 5.32 Å². The summed E-state index contributed by atoms with van der Waals surface area (Å²) in [5.74, 6) is 0.493. The number of fused-ring (bicyclic) bond motifs is 1. The Morgan fingerprint density at radius 2 is 2.19 bits per heavy atom. The summed E-state index contributed by atoms with van der Waals surface area (Å²) in [6.45, 7) is 7.43. The van der Waals surface area contributed by atoms with Crippen LogP contribution in [0.15, 0.2) is 31.0 Å². The van der Waals surface area contributed by atoms with Crippen molar-refractivity contribution in [3.8, 4) is 0 Å². The van der Waals surface area contributed by atoms with Crippen LogP contribution in [-0.2, 0) is 11.2 Å². The van der Waals surface area contributed by atoms with Gasteiger partial charge in [0.2, 0.25) is 0 Å². The molecule has 5 heteroatoms. The van der Waals surface area contributed by atoms with E-state index in [1.165, 1.54) is 0 Å². The van der Waals surface area contributed by atoms with Crippen molar-refractivity contribution in [1.82, 2.24) is 9.72 Å². The second kappa shape index (κ2) is 8.01. The summed E-state index contributed by atoms with van der Waals surface area (Å²) in [4.78, 5) is 0. The number of aromatic nitrogens is 1. The van der Waals surface area contributed by atoms with Crippen LogP contribution in [0.3, 0.4) is 0 Å². The highest BCUT2D eigenvalue weighted by molar-refractivity contribution is 6.34. The summed E-state index contributed by atoms with van der Waals surface area (Å²) >= 11 is 6.47. The van der Waals surface area contributed by atoms with E-state index in [0.717, 1.165) is 48.3 Å². The zero-order valence-electron chi connectivity index (χ0n) is 15.7. The molecule has 0 spiro atoms. The molecule has 0 aliphatic heterocycles. The van der Waals surface area contributed by atoms with Crippen molar-refractivity contribution in [3.05, 3.63) is 47.3 Å². The van der Waals surface area contributed by atoms with Gasteiger partial charge >= 0.3 is 0 Å². The van der Waals surface area contributed by atoms with Gasteiger partial charge < -0.3 is 14.5 Å². The third kappa shape index (κ3) is 4.24. The Labute approximate surface area is 160 Å². The molecule has 1 aliphatic carbocycles. The minimum atomic E-state index is -0.990. The molecule has 3 rings (SSSR count). The standard InChI is InChI=1S/C21H28ClFN2O/c1-15(24-14-16-6-9-21(2,23)10-7-16)18-13-17(8-12-26-3)25-11-4-5-19(22)20(18)25/h4-5,11,13,16,24H,1,6-10,12,14H2,2-3H3. The van der Waals surface area contributed by atoms with Crippen LogP contribution in [0.25, 0.3) is 11.2 Å². The van der Waals surface area contributed by atoms with Crippen molar-refractivity contribution >= 4 is 22.8 Å². The number of pyridine rings is 1. The van der Waals surface area contributed by atoms with E-state index in [0.29, 0.717) is 30.4 Å². The minimum absolute atomic E-state index is 0.493. The monoisotopic (exact) mass is 378 g/mol. The molecule has 26 heavy (non-hydrogen) atoms. The average Bonchev–Trinajstić information content (AvgIpc) is 2.99. The van der Waals surface area contributed by atoms with Gasteiger partial charge in [-0.05, 0) is 56.7 Å². The van der Waals surface area contributed by atoms with Crippen LogP contribution in [-0.4, -0.2) is 30.3 Å². The van der Waals surface area contributed by atoms with Gasteiger partial charge in [0.05, 0.1) is 17.1 Å². The second-order valence-corrected chi connectivity index (χ2v) is 7.99. The Bertz CT molecular complexity index is 774. The fourth-order valence-corrected chi connectivity index (χ4v) is 4.03. The molecular weight excluding hydrogens is 351 g/mol. The fourth-order valence-electron chi connectivity index (χ4n) is 3.76. The molecule has 1 aliphatic rings. The summed E-state index contributed by atoms with van der Waals surface area (Å²) in [7, 11) is 1.71. The number of alkyl halides is 1. The maximum atomic E-state index is 14.0. The van der Waals surface area contributed by atoms with Gasteiger partial charge in [0.25, 0.3) is 0 Å². The van der Waals surface area contributed by atoms with Crippen LogP contribution >= 0.6 is 11.6 Å². The number of hydrogen-bond donors (Lipinski definition) is 1. The van der Waals surface area contributed by atoms with Crippen molar-refractivity contribution < 1.29 is 9.13 Å². The van der Waals surface area contributed by atoms with Gasteiger partial charge in [0.1, 0.15) is 5.67 Å². The number of halogens is 2. The van der Waals surface area contributed by atoms with Crippen LogP contribution in [0.2, 0.25) is 5.02 Å². The van der Waals surface area contributed by atoms with Gasteiger partial charge in [0, 0.05) is 43.2 Å². The first-order valence-corrected chi connectivity index (χ1v) is 9.68. The lowest BCUT2D eigenvalue weighted by atomic mass is 9.81. The molecule has 0 saturated heterocycles. The van der Waals surface area contributed by atoms with Crippen molar-refractivity contribution in [2.75, 3.05) is 20.3 Å². The predicted octanol–water partition coefficient (Wildman–Crippen LogP) is 5.26. The van der Waals surface area contributed by atoms with E-state index < -0.39 is 5.67 Å². The smallest absolute Gasteiger partial charge is 0.108 e. The van der Waals surface area contributed by atoms with Crippen LogP contribution in [0.4, 0.5) is 4.39 Å². The highest BCUT2D eigenvalue weighted by Gasteiger charge is 2.30. The van der Waals surface area contributed by atoms with Crippen LogP contribution in [0.5, 0.6) is 0 Å². The van der Waals surface area contributed by atoms with Gasteiger partial charge in [-0.15, -0.1) is 0 Å². The molecule has 2 aromatic rings. The molecule has 0 amide bonds. The molecule has 2 aromatic heterocycles. The van der Waals surface area contributed by atoms with Crippen molar-refractivity contribution in [2.45, 2.75) is 44.7 Å². The van der Waals surface area contributed by atoms with Gasteiger partial charge in [-0.1, -0.05) is 18.2 Å². The molecule has 0 unspecified atom stereocenters. The topological polar surface area (TPSA) is 25.7 Å². The normalized spacial score (nSPS) is 23.3. The molecule has 1 saturated carbocycles. The van der Waals surface area contributed by atoms with E-state index in [4.69, 9.17) is 16.3 Å². The first-order valence-electron chi connectivity index (χ1n) is 9.31. The van der Waals surface area contributed by atoms with E-state index in [-0.39, 0.29) is 0 Å². The summed E-state index contributed by atoms with van der Waals surface area (Å²) in [6, 6.07) is 5.98. The molecule has 0 atom stereocenters. The van der Waals surface area contributed by atoms with Gasteiger partial charge in [0.15, 0.2) is 0 Å². The third-order valence-corrected chi connectivity index (χ3v) is 5.76. The molecule has 0 radical (unpaired) electrons. The van der Waals surface area contributed by atoms with Crippen molar-refractivity contribution in [2.24, 2.45) is 5.92 Å². The van der Waals surface area contributed by atoms with Crippen LogP contribution in [0, 0.1) is 5.92 Å². The molecule has 3 nitrogen and oxygen atoms in total. The Kier molecular flexibility index (Phi) is 5.93. The lowest BCUT2D eigenvalue weighted by Crippen LogP contribution is -2.31. The summed E-state index contributed by atoms with van der Waals surface area (Å²) in [6.07, 6.45) is 5.96. The van der Waals surface area contributed by atoms with Gasteiger partial charge in [-0.2, -0.15) is 0 Å². The average molecular weight is 379 g/mol. The Hall–Kier alpha value is -1.52. The van der Waals surface area contributed by atoms with E-state index in [9.17, 15) is 4.39 Å². The lowest BCUT2D eigenvalue weighted by Gasteiger charge is -2.31. The zero-order chi connectivity index (χ0) is 18.7. The van der Waals surface area contributed by atoms with E-state index in [1.807, 2.05) is 18.3 Å². The summed E-state index contributed by atoms with van der Waals surface area (Å²) in [5.41, 5.74) is 3.02. The summed E-state index contributed by atoms with van der Waals surface area (Å²) in [5, 5.41) is 4.17. The Balaban J connectivity index is 1.73. The Morgan fingerprint density at radius 3 is 2.88 bits per heavy atom. The molecule has 0 aromatic carbocycles. The maximum absolute atomic E-state index is 14.0. The number of hydrogen-bond acceptors (Lipinski definition) is 2. The van der Waals surface area contributed by atoms with Crippen molar-refractivity contribution in [3.63, 3.8) is 0 Å². The predicted molar refractivity (Wildman–Crippen MR) is 106 cm³/mol. The highest BCUT2D eigenvalue weighted by Crippen LogP contribution is 2.35. The molecule has 1 N–H and O–H groups in total. The quantitative estimate of drug-likeness (QED) is 0.711. The molecule has 1 fully saturated rings. The minimum Gasteiger partial charge on any atom is -0.385 e. The van der Waals surface area contributed by atoms with Gasteiger partial charge in [-0.25, -0.2) is 4.39 Å².